The number of esters is 1. The minimum Gasteiger partial charge on any atom is -0.494 e. The van der Waals surface area contributed by atoms with Gasteiger partial charge in [-0.05, 0) is 37.5 Å². The number of ether oxygens (including phenoxy) is 2. The second-order valence-electron chi connectivity index (χ2n) is 6.60. The fraction of sp³-hybridized carbons (Fsp3) is 0.350. The zero-order valence-electron chi connectivity index (χ0n) is 17.5. The molecule has 0 aliphatic heterocycles. The molecular formula is C20H21BF3N3O5. The van der Waals surface area contributed by atoms with Crippen molar-refractivity contribution in [3.05, 3.63) is 41.4 Å². The summed E-state index contributed by atoms with van der Waals surface area (Å²) in [5, 5.41) is 0.326. The minimum absolute atomic E-state index is 0.00145. The molecular weight excluding hydrogens is 430 g/mol. The van der Waals surface area contributed by atoms with Gasteiger partial charge in [0.1, 0.15) is 22.7 Å². The topological polar surface area (TPSA) is 110 Å². The Hall–Kier alpha value is -3.12. The van der Waals surface area contributed by atoms with Gasteiger partial charge in [0.05, 0.1) is 20.4 Å². The monoisotopic (exact) mass is 451 g/mol. The highest BCUT2D eigenvalue weighted by Gasteiger charge is 2.33. The third-order valence-electron chi connectivity index (χ3n) is 4.54. The zero-order chi connectivity index (χ0) is 23.3. The van der Waals surface area contributed by atoms with Crippen molar-refractivity contribution in [3.8, 4) is 17.2 Å². The van der Waals surface area contributed by atoms with Crippen molar-refractivity contribution in [3.63, 3.8) is 0 Å². The van der Waals surface area contributed by atoms with Crippen LogP contribution in [0.2, 0.25) is 6.32 Å². The number of fused-ring (bicyclic) bond motifs is 1. The summed E-state index contributed by atoms with van der Waals surface area (Å²) in [5.41, 5.74) is 4.60. The molecule has 2 aromatic heterocycles. The van der Waals surface area contributed by atoms with E-state index in [-0.39, 0.29) is 41.9 Å². The van der Waals surface area contributed by atoms with Crippen LogP contribution in [0.25, 0.3) is 22.4 Å². The summed E-state index contributed by atoms with van der Waals surface area (Å²) in [6.45, 7) is 1.87. The number of nitrogens with zero attached hydrogens (tertiary/aromatic N) is 2. The Kier molecular flexibility index (Phi) is 7.36. The number of pyridine rings is 1. The number of oxazole rings is 1. The third kappa shape index (κ3) is 5.02. The summed E-state index contributed by atoms with van der Waals surface area (Å²) in [6.07, 6.45) is -3.78. The van der Waals surface area contributed by atoms with Gasteiger partial charge in [0.2, 0.25) is 5.89 Å². The molecule has 0 spiro atoms. The first-order valence-electron chi connectivity index (χ1n) is 9.80. The lowest BCUT2D eigenvalue weighted by atomic mass is 9.92. The van der Waals surface area contributed by atoms with Gasteiger partial charge < -0.3 is 24.3 Å². The Morgan fingerprint density at radius 2 is 2.00 bits per heavy atom. The highest BCUT2D eigenvalue weighted by atomic mass is 19.4. The molecule has 2 N–H and O–H groups in total. The van der Waals surface area contributed by atoms with Crippen LogP contribution in [-0.2, 0) is 22.0 Å². The molecule has 0 saturated carbocycles. The van der Waals surface area contributed by atoms with E-state index >= 15 is 0 Å². The number of halogens is 3. The molecule has 0 unspecified atom stereocenters. The number of methoxy groups -OCH3 is 1. The van der Waals surface area contributed by atoms with Gasteiger partial charge in [-0.25, -0.2) is 14.8 Å². The number of benzene rings is 1. The van der Waals surface area contributed by atoms with Crippen molar-refractivity contribution in [2.75, 3.05) is 20.4 Å². The average Bonchev–Trinajstić information content (AvgIpc) is 3.19. The largest absolute Gasteiger partial charge is 0.494 e. The fourth-order valence-electron chi connectivity index (χ4n) is 3.11. The van der Waals surface area contributed by atoms with E-state index in [0.717, 1.165) is 6.07 Å². The lowest BCUT2D eigenvalue weighted by molar-refractivity contribution is -0.140. The Bertz CT molecular complexity index is 1100. The molecule has 12 heteroatoms. The van der Waals surface area contributed by atoms with Crippen LogP contribution in [-0.4, -0.2) is 43.9 Å². The molecule has 0 bridgehead atoms. The molecule has 170 valence electrons. The summed E-state index contributed by atoms with van der Waals surface area (Å²) >= 11 is 0. The highest BCUT2D eigenvalue weighted by molar-refractivity contribution is 6.27. The Morgan fingerprint density at radius 1 is 1.22 bits per heavy atom. The summed E-state index contributed by atoms with van der Waals surface area (Å²) < 4.78 is 60.7. The molecule has 0 aliphatic rings. The smallest absolute Gasteiger partial charge is 0.433 e. The minimum atomic E-state index is -4.62. The van der Waals surface area contributed by atoms with E-state index in [0.29, 0.717) is 31.2 Å². The summed E-state index contributed by atoms with van der Waals surface area (Å²) in [6, 6.07) is 5.18. The number of hydrogen-bond donors (Lipinski definition) is 1. The summed E-state index contributed by atoms with van der Waals surface area (Å²) in [7, 11) is 1.69. The van der Waals surface area contributed by atoms with Gasteiger partial charge in [-0.1, -0.05) is 0 Å². The predicted molar refractivity (Wildman–Crippen MR) is 111 cm³/mol. The number of carbonyl (C=O) groups is 1. The molecule has 0 saturated heterocycles. The van der Waals surface area contributed by atoms with E-state index in [1.54, 1.807) is 13.0 Å². The van der Waals surface area contributed by atoms with E-state index in [2.05, 4.69) is 9.97 Å². The van der Waals surface area contributed by atoms with Crippen LogP contribution < -0.4 is 10.5 Å². The molecule has 1 aromatic carbocycles. The molecule has 0 radical (unpaired) electrons. The Balaban J connectivity index is 2.09. The third-order valence-corrected chi connectivity index (χ3v) is 4.54. The van der Waals surface area contributed by atoms with Crippen molar-refractivity contribution in [2.45, 2.75) is 25.8 Å². The predicted octanol–water partition coefficient (Wildman–Crippen LogP) is 3.34. The zero-order valence-corrected chi connectivity index (χ0v) is 17.5. The van der Waals surface area contributed by atoms with Crippen molar-refractivity contribution in [2.24, 2.45) is 5.73 Å². The Morgan fingerprint density at radius 3 is 2.66 bits per heavy atom. The highest BCUT2D eigenvalue weighted by Crippen LogP contribution is 2.37. The lowest BCUT2D eigenvalue weighted by Gasteiger charge is -2.11. The van der Waals surface area contributed by atoms with Crippen molar-refractivity contribution >= 4 is 24.4 Å². The van der Waals surface area contributed by atoms with E-state index in [1.807, 2.05) is 0 Å². The van der Waals surface area contributed by atoms with Crippen LogP contribution in [0.3, 0.4) is 0 Å². The van der Waals surface area contributed by atoms with Gasteiger partial charge in [-0.2, -0.15) is 13.2 Å². The Labute approximate surface area is 182 Å². The number of carbonyl (C=O) groups excluding carboxylic acids is 1. The number of hydrogen-bond acceptors (Lipinski definition) is 8. The maximum absolute atomic E-state index is 13.2. The first kappa shape index (κ1) is 23.5. The maximum atomic E-state index is 13.2. The van der Waals surface area contributed by atoms with E-state index in [4.69, 9.17) is 24.3 Å². The second-order valence-corrected chi connectivity index (χ2v) is 6.60. The molecule has 3 rings (SSSR count). The number of aryl methyl sites for hydroxylation is 1. The van der Waals surface area contributed by atoms with E-state index < -0.39 is 17.8 Å². The average molecular weight is 451 g/mol. The van der Waals surface area contributed by atoms with Crippen LogP contribution in [0.4, 0.5) is 13.2 Å². The van der Waals surface area contributed by atoms with E-state index in [9.17, 15) is 18.0 Å². The number of aromatic nitrogens is 2. The van der Waals surface area contributed by atoms with Gasteiger partial charge in [0.25, 0.3) is 7.48 Å². The number of rotatable bonds is 9. The molecule has 8 nitrogen and oxygen atoms in total. The first-order chi connectivity index (χ1) is 15.3. The first-order valence-corrected chi connectivity index (χ1v) is 9.80. The molecule has 3 aromatic rings. The van der Waals surface area contributed by atoms with Crippen LogP contribution in [0, 0.1) is 0 Å². The maximum Gasteiger partial charge on any atom is 0.433 e. The molecule has 32 heavy (non-hydrogen) atoms. The normalized spacial score (nSPS) is 11.6. The van der Waals surface area contributed by atoms with Crippen LogP contribution >= 0.6 is 0 Å². The number of alkyl halides is 3. The SMILES string of the molecule is CCOC(=O)c1nc(-c2ccc(OC)c3nc(C(F)(F)F)ccc23)oc1CCBOCN. The molecule has 0 fully saturated rings. The van der Waals surface area contributed by atoms with Crippen LogP contribution in [0.5, 0.6) is 5.75 Å². The molecule has 0 amide bonds. The summed E-state index contributed by atoms with van der Waals surface area (Å²) in [4.78, 5) is 20.4. The lowest BCUT2D eigenvalue weighted by Crippen LogP contribution is -2.10. The van der Waals surface area contributed by atoms with Crippen LogP contribution in [0.1, 0.15) is 28.9 Å². The quantitative estimate of drug-likeness (QED) is 0.228. The van der Waals surface area contributed by atoms with Gasteiger partial charge >= 0.3 is 12.1 Å². The fourth-order valence-corrected chi connectivity index (χ4v) is 3.11. The second kappa shape index (κ2) is 10.0. The van der Waals surface area contributed by atoms with Crippen molar-refractivity contribution < 1.29 is 36.5 Å². The standard InChI is InChI=1S/C20H21BF3N3O5/c1-3-30-19(28)17-14(8-9-21-31-10-25)32-18(27-17)12-4-6-13(29-2)16-11(12)5-7-15(26-16)20(22,23)24/h4-7,21H,3,8-10,25H2,1-2H3. The van der Waals surface area contributed by atoms with Gasteiger partial charge in [-0.15, -0.1) is 0 Å². The number of nitrogens with two attached hydrogens (primary N) is 1. The molecule has 0 atom stereocenters. The summed E-state index contributed by atoms with van der Waals surface area (Å²) in [5.74, 6) is -0.168. The molecule has 0 aliphatic carbocycles. The van der Waals surface area contributed by atoms with Gasteiger partial charge in [-0.3, -0.25) is 0 Å². The van der Waals surface area contributed by atoms with Crippen LogP contribution in [0.15, 0.2) is 28.7 Å². The van der Waals surface area contributed by atoms with Gasteiger partial charge in [0.15, 0.2) is 5.69 Å². The van der Waals surface area contributed by atoms with Gasteiger partial charge in [0, 0.05) is 17.4 Å². The molecule has 2 heterocycles. The van der Waals surface area contributed by atoms with Crippen molar-refractivity contribution in [1.82, 2.24) is 9.97 Å². The van der Waals surface area contributed by atoms with Crippen molar-refractivity contribution in [1.29, 1.82) is 0 Å². The van der Waals surface area contributed by atoms with E-state index in [1.165, 1.54) is 19.2 Å².